The summed E-state index contributed by atoms with van der Waals surface area (Å²) >= 11 is 0. The molecule has 1 heterocycles. The first kappa shape index (κ1) is 16.2. The summed E-state index contributed by atoms with van der Waals surface area (Å²) in [4.78, 5) is 12.5. The Balaban J connectivity index is 1.85. The Morgan fingerprint density at radius 1 is 1.29 bits per heavy atom. The van der Waals surface area contributed by atoms with E-state index in [4.69, 9.17) is 14.2 Å². The lowest BCUT2D eigenvalue weighted by molar-refractivity contribution is 0.102. The van der Waals surface area contributed by atoms with E-state index >= 15 is 0 Å². The van der Waals surface area contributed by atoms with Crippen LogP contribution < -0.4 is 19.5 Å². The van der Waals surface area contributed by atoms with Crippen molar-refractivity contribution in [3.8, 4) is 17.2 Å². The van der Waals surface area contributed by atoms with Crippen LogP contribution in [0.2, 0.25) is 0 Å². The Kier molecular flexibility index (Phi) is 4.60. The highest BCUT2D eigenvalue weighted by molar-refractivity contribution is 6.05. The summed E-state index contributed by atoms with van der Waals surface area (Å²) in [5.41, 5.74) is 2.27. The van der Waals surface area contributed by atoms with Gasteiger partial charge in [-0.1, -0.05) is 0 Å². The maximum Gasteiger partial charge on any atom is 0.255 e. The van der Waals surface area contributed by atoms with E-state index in [1.54, 1.807) is 31.4 Å². The van der Waals surface area contributed by atoms with E-state index < -0.39 is 0 Å². The second-order valence-electron chi connectivity index (χ2n) is 5.70. The van der Waals surface area contributed by atoms with Gasteiger partial charge < -0.3 is 19.5 Å². The standard InChI is InChI=1S/C19H21NO4/c1-4-23-18-10-14-9-12(2)24-17(14)11-16(18)20-19(21)13-5-7-15(22-3)8-6-13/h5-8,10-12H,4,9H2,1-3H3,(H,20,21). The molecule has 5 nitrogen and oxygen atoms in total. The summed E-state index contributed by atoms with van der Waals surface area (Å²) in [6.45, 7) is 4.47. The zero-order valence-corrected chi connectivity index (χ0v) is 14.1. The maximum absolute atomic E-state index is 12.5. The minimum atomic E-state index is -0.204. The lowest BCUT2D eigenvalue weighted by atomic mass is 10.1. The zero-order valence-electron chi connectivity index (χ0n) is 14.1. The molecule has 1 aliphatic heterocycles. The van der Waals surface area contributed by atoms with Gasteiger partial charge in [0.2, 0.25) is 0 Å². The van der Waals surface area contributed by atoms with E-state index in [0.717, 1.165) is 17.7 Å². The Labute approximate surface area is 141 Å². The van der Waals surface area contributed by atoms with Gasteiger partial charge in [-0.05, 0) is 44.2 Å². The molecule has 1 atom stereocenters. The first-order valence-corrected chi connectivity index (χ1v) is 8.02. The third-order valence-electron chi connectivity index (χ3n) is 3.90. The fourth-order valence-electron chi connectivity index (χ4n) is 2.75. The van der Waals surface area contributed by atoms with Crippen LogP contribution in [-0.2, 0) is 6.42 Å². The van der Waals surface area contributed by atoms with Crippen molar-refractivity contribution in [3.05, 3.63) is 47.5 Å². The van der Waals surface area contributed by atoms with E-state index in [2.05, 4.69) is 5.32 Å². The molecular formula is C19H21NO4. The van der Waals surface area contributed by atoms with Gasteiger partial charge in [0.15, 0.2) is 0 Å². The molecule has 1 amide bonds. The molecule has 2 aromatic carbocycles. The van der Waals surface area contributed by atoms with E-state index in [-0.39, 0.29) is 12.0 Å². The van der Waals surface area contributed by atoms with E-state index in [1.165, 1.54) is 0 Å². The molecule has 24 heavy (non-hydrogen) atoms. The summed E-state index contributed by atoms with van der Waals surface area (Å²) in [6.07, 6.45) is 0.990. The van der Waals surface area contributed by atoms with E-state index in [1.807, 2.05) is 26.0 Å². The van der Waals surface area contributed by atoms with Crippen LogP contribution >= 0.6 is 0 Å². The molecule has 1 N–H and O–H groups in total. The van der Waals surface area contributed by atoms with Gasteiger partial charge in [-0.2, -0.15) is 0 Å². The number of benzene rings is 2. The number of methoxy groups -OCH3 is 1. The second-order valence-corrected chi connectivity index (χ2v) is 5.70. The number of nitrogens with one attached hydrogen (secondary N) is 1. The van der Waals surface area contributed by atoms with Crippen LogP contribution in [0.1, 0.15) is 29.8 Å². The number of hydrogen-bond donors (Lipinski definition) is 1. The summed E-state index contributed by atoms with van der Waals surface area (Å²) in [5.74, 6) is 1.97. The molecule has 126 valence electrons. The monoisotopic (exact) mass is 327 g/mol. The first-order chi connectivity index (χ1) is 11.6. The number of carbonyl (C=O) groups is 1. The van der Waals surface area contributed by atoms with Gasteiger partial charge in [0, 0.05) is 23.6 Å². The maximum atomic E-state index is 12.5. The van der Waals surface area contributed by atoms with Gasteiger partial charge in [0.25, 0.3) is 5.91 Å². The molecule has 3 rings (SSSR count). The fraction of sp³-hybridized carbons (Fsp3) is 0.316. The van der Waals surface area contributed by atoms with Crippen LogP contribution in [0.25, 0.3) is 0 Å². The van der Waals surface area contributed by atoms with Crippen molar-refractivity contribution in [2.45, 2.75) is 26.4 Å². The summed E-state index contributed by atoms with van der Waals surface area (Å²) in [7, 11) is 1.59. The highest BCUT2D eigenvalue weighted by Gasteiger charge is 2.22. The smallest absolute Gasteiger partial charge is 0.255 e. The molecule has 1 aliphatic rings. The molecule has 5 heteroatoms. The number of anilines is 1. The average Bonchev–Trinajstić information content (AvgIpc) is 2.94. The zero-order chi connectivity index (χ0) is 17.1. The normalized spacial score (nSPS) is 15.4. The molecule has 0 aromatic heterocycles. The van der Waals surface area contributed by atoms with Crippen molar-refractivity contribution in [3.63, 3.8) is 0 Å². The Bertz CT molecular complexity index is 740. The number of ether oxygens (including phenoxy) is 3. The average molecular weight is 327 g/mol. The SMILES string of the molecule is CCOc1cc2c(cc1NC(=O)c1ccc(OC)cc1)OC(C)C2. The van der Waals surface area contributed by atoms with Gasteiger partial charge in [0.1, 0.15) is 23.4 Å². The minimum absolute atomic E-state index is 0.141. The van der Waals surface area contributed by atoms with Crippen molar-refractivity contribution in [1.82, 2.24) is 0 Å². The highest BCUT2D eigenvalue weighted by atomic mass is 16.5. The van der Waals surface area contributed by atoms with E-state index in [9.17, 15) is 4.79 Å². The molecule has 2 aromatic rings. The van der Waals surface area contributed by atoms with Gasteiger partial charge in [0.05, 0.1) is 19.4 Å². The van der Waals surface area contributed by atoms with Gasteiger partial charge in [-0.25, -0.2) is 0 Å². The largest absolute Gasteiger partial charge is 0.497 e. The molecule has 0 saturated carbocycles. The molecule has 0 aliphatic carbocycles. The quantitative estimate of drug-likeness (QED) is 0.910. The number of fused-ring (bicyclic) bond motifs is 1. The number of amides is 1. The van der Waals surface area contributed by atoms with Crippen LogP contribution in [0.5, 0.6) is 17.2 Å². The molecular weight excluding hydrogens is 306 g/mol. The summed E-state index contributed by atoms with van der Waals surface area (Å²) in [5, 5.41) is 2.91. The lowest BCUT2D eigenvalue weighted by Gasteiger charge is -2.13. The van der Waals surface area contributed by atoms with Crippen molar-refractivity contribution >= 4 is 11.6 Å². The Hall–Kier alpha value is -2.69. The number of carbonyl (C=O) groups excluding carboxylic acids is 1. The molecule has 0 bridgehead atoms. The topological polar surface area (TPSA) is 56.8 Å². The van der Waals surface area contributed by atoms with Crippen LogP contribution in [-0.4, -0.2) is 25.7 Å². The van der Waals surface area contributed by atoms with Crippen molar-refractivity contribution in [1.29, 1.82) is 0 Å². The van der Waals surface area contributed by atoms with Crippen molar-refractivity contribution in [2.75, 3.05) is 19.0 Å². The summed E-state index contributed by atoms with van der Waals surface area (Å²) < 4.78 is 16.6. The Morgan fingerprint density at radius 2 is 2.04 bits per heavy atom. The molecule has 0 saturated heterocycles. The van der Waals surface area contributed by atoms with Crippen molar-refractivity contribution < 1.29 is 19.0 Å². The van der Waals surface area contributed by atoms with Crippen molar-refractivity contribution in [2.24, 2.45) is 0 Å². The number of hydrogen-bond acceptors (Lipinski definition) is 4. The van der Waals surface area contributed by atoms with Gasteiger partial charge in [-0.15, -0.1) is 0 Å². The molecule has 0 fully saturated rings. The third kappa shape index (κ3) is 3.30. The van der Waals surface area contributed by atoms with Gasteiger partial charge >= 0.3 is 0 Å². The lowest BCUT2D eigenvalue weighted by Crippen LogP contribution is -2.13. The highest BCUT2D eigenvalue weighted by Crippen LogP contribution is 2.38. The first-order valence-electron chi connectivity index (χ1n) is 8.02. The van der Waals surface area contributed by atoms with E-state index in [0.29, 0.717) is 29.4 Å². The second kappa shape index (κ2) is 6.83. The van der Waals surface area contributed by atoms with Crippen LogP contribution in [0, 0.1) is 0 Å². The van der Waals surface area contributed by atoms with Crippen LogP contribution in [0.3, 0.4) is 0 Å². The molecule has 0 radical (unpaired) electrons. The Morgan fingerprint density at radius 3 is 2.71 bits per heavy atom. The fourth-order valence-corrected chi connectivity index (χ4v) is 2.75. The number of rotatable bonds is 5. The van der Waals surface area contributed by atoms with Crippen LogP contribution in [0.4, 0.5) is 5.69 Å². The third-order valence-corrected chi connectivity index (χ3v) is 3.90. The summed E-state index contributed by atoms with van der Waals surface area (Å²) in [6, 6.07) is 10.7. The minimum Gasteiger partial charge on any atom is -0.497 e. The van der Waals surface area contributed by atoms with Crippen LogP contribution in [0.15, 0.2) is 36.4 Å². The van der Waals surface area contributed by atoms with Gasteiger partial charge in [-0.3, -0.25) is 4.79 Å². The molecule has 1 unspecified atom stereocenters. The predicted molar refractivity (Wildman–Crippen MR) is 92.4 cm³/mol. The predicted octanol–water partition coefficient (Wildman–Crippen LogP) is 3.67. The molecule has 0 spiro atoms.